The van der Waals surface area contributed by atoms with Crippen molar-refractivity contribution >= 4 is 22.6 Å². The van der Waals surface area contributed by atoms with Gasteiger partial charge in [-0.25, -0.2) is 9.78 Å². The second kappa shape index (κ2) is 6.20. The number of aryl methyl sites for hydroxylation is 1. The molecule has 0 spiro atoms. The predicted molar refractivity (Wildman–Crippen MR) is 100 cm³/mol. The Labute approximate surface area is 146 Å². The quantitative estimate of drug-likeness (QED) is 0.767. The lowest BCUT2D eigenvalue weighted by atomic mass is 9.99. The summed E-state index contributed by atoms with van der Waals surface area (Å²) in [6.45, 7) is 3.73. The summed E-state index contributed by atoms with van der Waals surface area (Å²) in [5.41, 5.74) is 4.61. The summed E-state index contributed by atoms with van der Waals surface area (Å²) in [6.07, 6.45) is 2.16. The normalized spacial score (nSPS) is 14.2. The van der Waals surface area contributed by atoms with Gasteiger partial charge in [0.15, 0.2) is 0 Å². The summed E-state index contributed by atoms with van der Waals surface area (Å²) in [4.78, 5) is 19.3. The van der Waals surface area contributed by atoms with Crippen LogP contribution in [0.3, 0.4) is 0 Å². The maximum Gasteiger partial charge on any atom is 0.338 e. The predicted octanol–water partition coefficient (Wildman–Crippen LogP) is 4.51. The molecule has 0 unspecified atom stereocenters. The fraction of sp³-hybridized carbons (Fsp3) is 0.238. The Balaban J connectivity index is 2.10. The minimum atomic E-state index is -0.892. The number of hydrogen-bond donors (Lipinski definition) is 1. The van der Waals surface area contributed by atoms with Crippen molar-refractivity contribution in [3.8, 4) is 11.3 Å². The van der Waals surface area contributed by atoms with E-state index < -0.39 is 5.97 Å². The van der Waals surface area contributed by atoms with Crippen molar-refractivity contribution < 1.29 is 9.90 Å². The van der Waals surface area contributed by atoms with Gasteiger partial charge in [-0.3, -0.25) is 0 Å². The van der Waals surface area contributed by atoms with Gasteiger partial charge in [-0.05, 0) is 31.9 Å². The van der Waals surface area contributed by atoms with Gasteiger partial charge in [0, 0.05) is 24.0 Å². The minimum absolute atomic E-state index is 0.370. The number of carboxylic acids is 1. The van der Waals surface area contributed by atoms with Crippen molar-refractivity contribution in [2.75, 3.05) is 18.0 Å². The van der Waals surface area contributed by atoms with Gasteiger partial charge in [0.25, 0.3) is 0 Å². The Morgan fingerprint density at radius 2 is 1.80 bits per heavy atom. The zero-order valence-electron chi connectivity index (χ0n) is 14.2. The fourth-order valence-corrected chi connectivity index (χ4v) is 3.63. The molecule has 1 fully saturated rings. The van der Waals surface area contributed by atoms with E-state index in [2.05, 4.69) is 4.90 Å². The molecule has 1 saturated heterocycles. The largest absolute Gasteiger partial charge is 0.478 e. The van der Waals surface area contributed by atoms with Crippen molar-refractivity contribution in [1.82, 2.24) is 4.98 Å². The van der Waals surface area contributed by atoms with E-state index in [0.717, 1.165) is 54.0 Å². The smallest absolute Gasteiger partial charge is 0.338 e. The molecule has 0 aliphatic carbocycles. The molecule has 4 rings (SSSR count). The molecular weight excluding hydrogens is 312 g/mol. The topological polar surface area (TPSA) is 53.4 Å². The summed E-state index contributed by atoms with van der Waals surface area (Å²) in [7, 11) is 0. The van der Waals surface area contributed by atoms with Crippen LogP contribution in [0.15, 0.2) is 48.5 Å². The van der Waals surface area contributed by atoms with Gasteiger partial charge < -0.3 is 10.0 Å². The van der Waals surface area contributed by atoms with Gasteiger partial charge >= 0.3 is 5.97 Å². The Bertz CT molecular complexity index is 945. The Kier molecular flexibility index (Phi) is 3.88. The summed E-state index contributed by atoms with van der Waals surface area (Å²) in [6, 6.07) is 15.7. The number of benzene rings is 2. The molecule has 2 aromatic carbocycles. The number of pyridine rings is 1. The number of aromatic nitrogens is 1. The summed E-state index contributed by atoms with van der Waals surface area (Å²) in [5.74, 6) is -0.892. The van der Waals surface area contributed by atoms with E-state index in [1.54, 1.807) is 0 Å². The van der Waals surface area contributed by atoms with Crippen LogP contribution in [0.1, 0.15) is 28.8 Å². The molecule has 0 saturated carbocycles. The van der Waals surface area contributed by atoms with Gasteiger partial charge in [0.1, 0.15) is 0 Å². The Morgan fingerprint density at radius 1 is 1.08 bits per heavy atom. The average molecular weight is 332 g/mol. The number of carboxylic acid groups (broad SMARTS) is 1. The molecule has 0 bridgehead atoms. The molecule has 3 aromatic rings. The fourth-order valence-electron chi connectivity index (χ4n) is 3.63. The lowest BCUT2D eigenvalue weighted by Gasteiger charge is -2.24. The molecule has 1 aliphatic heterocycles. The van der Waals surface area contributed by atoms with Crippen LogP contribution in [0.25, 0.3) is 22.2 Å². The summed E-state index contributed by atoms with van der Waals surface area (Å²) >= 11 is 0. The van der Waals surface area contributed by atoms with Crippen LogP contribution in [-0.2, 0) is 0 Å². The average Bonchev–Trinajstić information content (AvgIpc) is 3.15. The second-order valence-corrected chi connectivity index (χ2v) is 6.57. The van der Waals surface area contributed by atoms with E-state index in [9.17, 15) is 9.90 Å². The molecular formula is C21H20N2O2. The van der Waals surface area contributed by atoms with Crippen LogP contribution < -0.4 is 4.90 Å². The SMILES string of the molecule is Cc1ccc2nc(-c3ccccc3)c(N3CCCC3)c(C(=O)O)c2c1. The highest BCUT2D eigenvalue weighted by Crippen LogP contribution is 2.38. The molecule has 0 amide bonds. The second-order valence-electron chi connectivity index (χ2n) is 6.57. The highest BCUT2D eigenvalue weighted by atomic mass is 16.4. The first kappa shape index (κ1) is 15.6. The van der Waals surface area contributed by atoms with Gasteiger partial charge in [0.2, 0.25) is 0 Å². The van der Waals surface area contributed by atoms with Crippen LogP contribution in [0, 0.1) is 6.92 Å². The van der Waals surface area contributed by atoms with Crippen molar-refractivity contribution in [2.24, 2.45) is 0 Å². The molecule has 0 radical (unpaired) electrons. The third-order valence-electron chi connectivity index (χ3n) is 4.80. The van der Waals surface area contributed by atoms with Gasteiger partial charge in [-0.2, -0.15) is 0 Å². The highest BCUT2D eigenvalue weighted by Gasteiger charge is 2.27. The third-order valence-corrected chi connectivity index (χ3v) is 4.80. The maximum absolute atomic E-state index is 12.2. The molecule has 0 atom stereocenters. The van der Waals surface area contributed by atoms with E-state index in [1.807, 2.05) is 55.5 Å². The Hall–Kier alpha value is -2.88. The van der Waals surface area contributed by atoms with Crippen LogP contribution in [0.2, 0.25) is 0 Å². The first-order valence-electron chi connectivity index (χ1n) is 8.63. The molecule has 126 valence electrons. The first-order chi connectivity index (χ1) is 12.1. The van der Waals surface area contributed by atoms with Crippen LogP contribution in [0.4, 0.5) is 5.69 Å². The molecule has 1 aromatic heterocycles. The highest BCUT2D eigenvalue weighted by molar-refractivity contribution is 6.10. The lowest BCUT2D eigenvalue weighted by Crippen LogP contribution is -2.22. The monoisotopic (exact) mass is 332 g/mol. The zero-order valence-corrected chi connectivity index (χ0v) is 14.2. The van der Waals surface area contributed by atoms with Crippen molar-refractivity contribution in [3.63, 3.8) is 0 Å². The van der Waals surface area contributed by atoms with E-state index in [0.29, 0.717) is 10.9 Å². The molecule has 1 aliphatic rings. The van der Waals surface area contributed by atoms with Gasteiger partial charge in [-0.15, -0.1) is 0 Å². The molecule has 25 heavy (non-hydrogen) atoms. The number of hydrogen-bond acceptors (Lipinski definition) is 3. The minimum Gasteiger partial charge on any atom is -0.478 e. The summed E-state index contributed by atoms with van der Waals surface area (Å²) < 4.78 is 0. The molecule has 4 nitrogen and oxygen atoms in total. The number of rotatable bonds is 3. The van der Waals surface area contributed by atoms with Gasteiger partial charge in [-0.1, -0.05) is 42.0 Å². The van der Waals surface area contributed by atoms with Crippen molar-refractivity contribution in [3.05, 3.63) is 59.7 Å². The van der Waals surface area contributed by atoms with Crippen LogP contribution in [-0.4, -0.2) is 29.1 Å². The lowest BCUT2D eigenvalue weighted by molar-refractivity contribution is 0.0699. The van der Waals surface area contributed by atoms with Crippen molar-refractivity contribution in [2.45, 2.75) is 19.8 Å². The standard InChI is InChI=1S/C21H20N2O2/c1-14-9-10-17-16(13-14)18(21(24)25)20(23-11-5-6-12-23)19(22-17)15-7-3-2-4-8-15/h2-4,7-10,13H,5-6,11-12H2,1H3,(H,24,25). The van der Waals surface area contributed by atoms with Crippen molar-refractivity contribution in [1.29, 1.82) is 0 Å². The molecule has 1 N–H and O–H groups in total. The van der Waals surface area contributed by atoms with Crippen LogP contribution in [0.5, 0.6) is 0 Å². The van der Waals surface area contributed by atoms with E-state index in [-0.39, 0.29) is 0 Å². The summed E-state index contributed by atoms with van der Waals surface area (Å²) in [5, 5.41) is 10.7. The van der Waals surface area contributed by atoms with E-state index in [1.165, 1.54) is 0 Å². The Morgan fingerprint density at radius 3 is 2.48 bits per heavy atom. The number of fused-ring (bicyclic) bond motifs is 1. The molecule has 2 heterocycles. The third kappa shape index (κ3) is 2.74. The number of nitrogens with zero attached hydrogens (tertiary/aromatic N) is 2. The first-order valence-corrected chi connectivity index (χ1v) is 8.63. The van der Waals surface area contributed by atoms with Gasteiger partial charge in [0.05, 0.1) is 22.5 Å². The number of anilines is 1. The number of aromatic carboxylic acids is 1. The number of carbonyl (C=O) groups is 1. The maximum atomic E-state index is 12.2. The van der Waals surface area contributed by atoms with E-state index >= 15 is 0 Å². The zero-order chi connectivity index (χ0) is 17.4. The molecule has 4 heteroatoms. The van der Waals surface area contributed by atoms with E-state index in [4.69, 9.17) is 4.98 Å². The van der Waals surface area contributed by atoms with Crippen LogP contribution >= 0.6 is 0 Å².